The Bertz CT molecular complexity index is 925. The van der Waals surface area contributed by atoms with Crippen LogP contribution in [0, 0.1) is 0 Å². The average molecular weight is 500 g/mol. The molecule has 162 valence electrons. The first-order valence-electron chi connectivity index (χ1n) is 8.10. The molecular formula is C14H19BrN3O10P. The van der Waals surface area contributed by atoms with Gasteiger partial charge in [-0.3, -0.25) is 23.7 Å². The molecule has 29 heavy (non-hydrogen) atoms. The minimum absolute atomic E-state index is 0.00678. The number of carbonyl (C=O) groups excluding carboxylic acids is 1. The maximum atomic E-state index is 12.1. The number of rotatable bonds is 8. The fraction of sp³-hybridized carbons (Fsp3) is 0.500. The molecule has 15 heteroatoms. The Morgan fingerprint density at radius 1 is 1.45 bits per heavy atom. The van der Waals surface area contributed by atoms with Crippen LogP contribution in [0.1, 0.15) is 11.8 Å². The molecule has 1 aromatic heterocycles. The summed E-state index contributed by atoms with van der Waals surface area (Å²) in [5.41, 5.74) is -1.59. The number of ether oxygens (including phenoxy) is 1. The van der Waals surface area contributed by atoms with Gasteiger partial charge in [-0.15, -0.1) is 0 Å². The van der Waals surface area contributed by atoms with Gasteiger partial charge in [0.25, 0.3) is 5.56 Å². The quantitative estimate of drug-likeness (QED) is 0.169. The second-order valence-electron chi connectivity index (χ2n) is 5.93. The van der Waals surface area contributed by atoms with Crippen LogP contribution < -0.4 is 16.6 Å². The monoisotopic (exact) mass is 499 g/mol. The lowest BCUT2D eigenvalue weighted by atomic mass is 10.1. The number of aliphatic hydroxyl groups is 2. The molecule has 0 aromatic carbocycles. The summed E-state index contributed by atoms with van der Waals surface area (Å²) in [6, 6.07) is 0. The first-order valence-corrected chi connectivity index (χ1v) is 10.8. The Labute approximate surface area is 171 Å². The van der Waals surface area contributed by atoms with Crippen molar-refractivity contribution in [3.63, 3.8) is 0 Å². The number of allylic oxidation sites excluding steroid dienone is 1. The molecule has 0 saturated carbocycles. The van der Waals surface area contributed by atoms with E-state index in [1.54, 1.807) is 0 Å². The smallest absolute Gasteiger partial charge is 0.394 e. The third kappa shape index (κ3) is 6.17. The fourth-order valence-corrected chi connectivity index (χ4v) is 3.36. The molecule has 0 bridgehead atoms. The maximum absolute atomic E-state index is 12.1. The van der Waals surface area contributed by atoms with Gasteiger partial charge in [-0.25, -0.2) is 9.36 Å². The van der Waals surface area contributed by atoms with E-state index in [2.05, 4.69) is 25.8 Å². The molecule has 2 heterocycles. The third-order valence-electron chi connectivity index (χ3n) is 3.89. The van der Waals surface area contributed by atoms with Crippen LogP contribution in [0.4, 0.5) is 0 Å². The predicted octanol–water partition coefficient (Wildman–Crippen LogP) is -2.17. The van der Waals surface area contributed by atoms with E-state index in [0.717, 1.165) is 10.8 Å². The van der Waals surface area contributed by atoms with Gasteiger partial charge in [-0.2, -0.15) is 0 Å². The molecule has 1 fully saturated rings. The van der Waals surface area contributed by atoms with E-state index in [-0.39, 0.29) is 23.2 Å². The van der Waals surface area contributed by atoms with Crippen LogP contribution in [0.15, 0.2) is 28.1 Å². The van der Waals surface area contributed by atoms with Crippen LogP contribution in [-0.4, -0.2) is 65.7 Å². The number of nitrogens with zero attached hydrogens (tertiary/aromatic N) is 1. The Morgan fingerprint density at radius 2 is 2.14 bits per heavy atom. The third-order valence-corrected chi connectivity index (χ3v) is 4.91. The molecule has 0 radical (unpaired) electrons. The standard InChI is InChI=1S/C14H19BrN3O10P/c15-4-9(20)16-3-1-2-7-5-18(14(23)17-12(7)22)13-10(21)11(8(6-19)27-13)28-29(24,25)26/h1,3,5,8,10-11,13,19,21H,2,4,6H2,(H,16,20)(H,17,22,23)(H2,24,25,26)/b3-1+/t8-,10-,11-,13-/m1/s1. The van der Waals surface area contributed by atoms with E-state index in [4.69, 9.17) is 14.5 Å². The van der Waals surface area contributed by atoms with Gasteiger partial charge < -0.3 is 30.1 Å². The molecule has 1 aromatic rings. The number of aromatic nitrogens is 2. The molecule has 13 nitrogen and oxygen atoms in total. The number of hydrogen-bond acceptors (Lipinski definition) is 8. The molecule has 0 spiro atoms. The van der Waals surface area contributed by atoms with Gasteiger partial charge in [0.15, 0.2) is 6.23 Å². The maximum Gasteiger partial charge on any atom is 0.470 e. The van der Waals surface area contributed by atoms with Gasteiger partial charge >= 0.3 is 13.5 Å². The molecule has 1 aliphatic heterocycles. The van der Waals surface area contributed by atoms with Crippen molar-refractivity contribution >= 4 is 29.7 Å². The van der Waals surface area contributed by atoms with Crippen molar-refractivity contribution in [1.29, 1.82) is 0 Å². The summed E-state index contributed by atoms with van der Waals surface area (Å²) in [4.78, 5) is 55.2. The highest BCUT2D eigenvalue weighted by Crippen LogP contribution is 2.43. The van der Waals surface area contributed by atoms with E-state index in [1.807, 2.05) is 4.98 Å². The van der Waals surface area contributed by atoms with Crippen LogP contribution in [0.2, 0.25) is 0 Å². The van der Waals surface area contributed by atoms with E-state index in [1.165, 1.54) is 12.3 Å². The fourth-order valence-electron chi connectivity index (χ4n) is 2.62. The number of H-pyrrole nitrogens is 1. The second kappa shape index (κ2) is 9.91. The highest BCUT2D eigenvalue weighted by Gasteiger charge is 2.48. The molecule has 0 unspecified atom stereocenters. The number of aliphatic hydroxyl groups excluding tert-OH is 2. The SMILES string of the molecule is O=C(CBr)N/C=C/Cc1cn([C@@H]2O[C@H](CO)[C@@H](OP(=O)(O)O)[C@H]2O)c(=O)[nH]c1=O. The van der Waals surface area contributed by atoms with Gasteiger partial charge in [0.05, 0.1) is 11.9 Å². The summed E-state index contributed by atoms with van der Waals surface area (Å²) in [5.74, 6) is -0.311. The summed E-state index contributed by atoms with van der Waals surface area (Å²) >= 11 is 2.96. The van der Waals surface area contributed by atoms with E-state index in [9.17, 15) is 29.2 Å². The molecule has 1 aliphatic rings. The topological polar surface area (TPSA) is 200 Å². The van der Waals surface area contributed by atoms with Crippen molar-refractivity contribution in [1.82, 2.24) is 14.9 Å². The van der Waals surface area contributed by atoms with Crippen molar-refractivity contribution in [3.8, 4) is 0 Å². The van der Waals surface area contributed by atoms with Crippen LogP contribution in [-0.2, 0) is 25.0 Å². The van der Waals surface area contributed by atoms with Gasteiger partial charge in [0.2, 0.25) is 5.91 Å². The average Bonchev–Trinajstić information content (AvgIpc) is 2.94. The number of alkyl halides is 1. The molecule has 6 N–H and O–H groups in total. The lowest BCUT2D eigenvalue weighted by molar-refractivity contribution is -0.117. The number of nitrogens with one attached hydrogen (secondary N) is 2. The van der Waals surface area contributed by atoms with Gasteiger partial charge in [0.1, 0.15) is 18.3 Å². The second-order valence-corrected chi connectivity index (χ2v) is 7.68. The zero-order valence-corrected chi connectivity index (χ0v) is 17.2. The van der Waals surface area contributed by atoms with Crippen LogP contribution >= 0.6 is 23.8 Å². The zero-order valence-electron chi connectivity index (χ0n) is 14.7. The van der Waals surface area contributed by atoms with Crippen molar-refractivity contribution in [2.24, 2.45) is 0 Å². The largest absolute Gasteiger partial charge is 0.470 e. The number of aromatic amines is 1. The minimum Gasteiger partial charge on any atom is -0.394 e. The van der Waals surface area contributed by atoms with E-state index >= 15 is 0 Å². The van der Waals surface area contributed by atoms with E-state index < -0.39 is 50.2 Å². The van der Waals surface area contributed by atoms with Crippen molar-refractivity contribution < 1.29 is 38.6 Å². The van der Waals surface area contributed by atoms with Crippen molar-refractivity contribution in [3.05, 3.63) is 44.9 Å². The molecule has 4 atom stereocenters. The summed E-state index contributed by atoms with van der Waals surface area (Å²) in [5, 5.41) is 22.2. The minimum atomic E-state index is -5.02. The first kappa shape index (κ1) is 23.6. The lowest BCUT2D eigenvalue weighted by Gasteiger charge is -2.20. The number of carbonyl (C=O) groups is 1. The number of amides is 1. The molecule has 0 aliphatic carbocycles. The zero-order chi connectivity index (χ0) is 21.8. The van der Waals surface area contributed by atoms with Gasteiger partial charge in [-0.05, 0) is 6.42 Å². The Morgan fingerprint density at radius 3 is 2.72 bits per heavy atom. The van der Waals surface area contributed by atoms with Crippen molar-refractivity contribution in [2.75, 3.05) is 11.9 Å². The molecular weight excluding hydrogens is 481 g/mol. The Balaban J connectivity index is 2.27. The molecule has 1 saturated heterocycles. The normalized spacial score (nSPS) is 24.9. The highest BCUT2D eigenvalue weighted by atomic mass is 79.9. The number of hydrogen-bond donors (Lipinski definition) is 6. The number of halogens is 1. The summed E-state index contributed by atoms with van der Waals surface area (Å²) < 4.78 is 21.7. The van der Waals surface area contributed by atoms with Gasteiger partial charge in [0, 0.05) is 18.0 Å². The van der Waals surface area contributed by atoms with Crippen molar-refractivity contribution in [2.45, 2.75) is 31.0 Å². The van der Waals surface area contributed by atoms with Crippen LogP contribution in [0.5, 0.6) is 0 Å². The Kier molecular flexibility index (Phi) is 8.08. The lowest BCUT2D eigenvalue weighted by Crippen LogP contribution is -2.39. The van der Waals surface area contributed by atoms with E-state index in [0.29, 0.717) is 0 Å². The Hall–Kier alpha value is -1.64. The predicted molar refractivity (Wildman–Crippen MR) is 100 cm³/mol. The van der Waals surface area contributed by atoms with Crippen LogP contribution in [0.3, 0.4) is 0 Å². The van der Waals surface area contributed by atoms with Gasteiger partial charge in [-0.1, -0.05) is 22.0 Å². The number of phosphoric acid groups is 1. The highest BCUT2D eigenvalue weighted by molar-refractivity contribution is 9.09. The van der Waals surface area contributed by atoms with Crippen LogP contribution in [0.25, 0.3) is 0 Å². The molecule has 2 rings (SSSR count). The first-order chi connectivity index (χ1) is 13.6. The number of phosphoric ester groups is 1. The summed E-state index contributed by atoms with van der Waals surface area (Å²) in [6.45, 7) is -0.751. The summed E-state index contributed by atoms with van der Waals surface area (Å²) in [6.07, 6.45) is -2.30. The molecule has 1 amide bonds. The summed E-state index contributed by atoms with van der Waals surface area (Å²) in [7, 11) is -5.02.